The first-order valence-corrected chi connectivity index (χ1v) is 18.3. The highest BCUT2D eigenvalue weighted by atomic mass is 28.3. The van der Waals surface area contributed by atoms with Gasteiger partial charge in [-0.15, -0.1) is 0 Å². The fourth-order valence-corrected chi connectivity index (χ4v) is 12.2. The number of rotatable bonds is 6. The van der Waals surface area contributed by atoms with Gasteiger partial charge in [0.15, 0.2) is 19.4 Å². The van der Waals surface area contributed by atoms with Crippen molar-refractivity contribution in [2.75, 3.05) is 0 Å². The van der Waals surface area contributed by atoms with Gasteiger partial charge in [0.25, 0.3) is 0 Å². The van der Waals surface area contributed by atoms with E-state index in [0.29, 0.717) is 16.9 Å². The predicted octanol–water partition coefficient (Wildman–Crippen LogP) is 8.80. The van der Waals surface area contributed by atoms with Crippen molar-refractivity contribution in [2.45, 2.75) is 0 Å². The molecule has 0 unspecified atom stereocenters. The van der Waals surface area contributed by atoms with Crippen molar-refractivity contribution in [3.63, 3.8) is 0 Å². The summed E-state index contributed by atoms with van der Waals surface area (Å²) in [7, 11) is -2.78. The molecule has 0 bridgehead atoms. The molecule has 0 aliphatic rings. The molecule has 232 valence electrons. The molecule has 1 heterocycles. The van der Waals surface area contributed by atoms with Gasteiger partial charge in [0.05, 0.1) is 35.8 Å². The van der Waals surface area contributed by atoms with E-state index in [1.807, 2.05) is 42.5 Å². The SMILES string of the molecule is [C-]#[N+]c1ccc2c(c1)c1cc(C#N)ccc1n2-c1ccc(-c2cc([Si](c3ccccc3)(c3ccccc3)c3ccccc3)ccc2[N+]#[C-])cc1. The van der Waals surface area contributed by atoms with E-state index >= 15 is 0 Å². The van der Waals surface area contributed by atoms with Crippen molar-refractivity contribution in [1.29, 1.82) is 5.26 Å². The monoisotopic (exact) mass is 652 g/mol. The van der Waals surface area contributed by atoms with Gasteiger partial charge in [-0.3, -0.25) is 0 Å². The lowest BCUT2D eigenvalue weighted by Crippen LogP contribution is -2.74. The Morgan fingerprint density at radius 3 is 1.62 bits per heavy atom. The normalized spacial score (nSPS) is 11.1. The third kappa shape index (κ3) is 4.88. The van der Waals surface area contributed by atoms with Crippen molar-refractivity contribution < 1.29 is 0 Å². The smallest absolute Gasteiger partial charge is 0.194 e. The van der Waals surface area contributed by atoms with Crippen LogP contribution in [-0.4, -0.2) is 12.6 Å². The average molecular weight is 653 g/mol. The molecule has 0 amide bonds. The number of benzene rings is 7. The molecule has 0 N–H and O–H groups in total. The van der Waals surface area contributed by atoms with E-state index in [0.717, 1.165) is 38.6 Å². The summed E-state index contributed by atoms with van der Waals surface area (Å²) >= 11 is 0. The van der Waals surface area contributed by atoms with Crippen LogP contribution in [0.5, 0.6) is 0 Å². The van der Waals surface area contributed by atoms with Gasteiger partial charge in [-0.25, -0.2) is 9.69 Å². The lowest BCUT2D eigenvalue weighted by atomic mass is 10.0. The molecule has 8 aromatic rings. The third-order valence-electron chi connectivity index (χ3n) is 9.61. The van der Waals surface area contributed by atoms with E-state index in [1.165, 1.54) is 20.7 Å². The number of fused-ring (bicyclic) bond motifs is 3. The standard InChI is InChI=1S/C45H28N4Si/c1-47-34-21-27-45-42(29-34)41-28-32(31-46)18-26-44(41)49(45)35-22-19-33(20-23-35)40-30-39(24-25-43(40)48-2)50(36-12-6-3-7-13-36,37-14-8-4-9-15-37)38-16-10-5-11-17-38/h3-30H. The van der Waals surface area contributed by atoms with Crippen LogP contribution in [0.15, 0.2) is 170 Å². The summed E-state index contributed by atoms with van der Waals surface area (Å²) < 4.78 is 2.17. The van der Waals surface area contributed by atoms with Crippen LogP contribution in [0.3, 0.4) is 0 Å². The Kier molecular flexibility index (Phi) is 7.63. The van der Waals surface area contributed by atoms with Gasteiger partial charge in [0.1, 0.15) is 0 Å². The van der Waals surface area contributed by atoms with Crippen molar-refractivity contribution >= 4 is 62.0 Å². The molecule has 0 radical (unpaired) electrons. The molecule has 8 rings (SSSR count). The zero-order valence-corrected chi connectivity index (χ0v) is 28.0. The summed E-state index contributed by atoms with van der Waals surface area (Å²) in [5.41, 5.74) is 6.47. The second kappa shape index (κ2) is 12.6. The highest BCUT2D eigenvalue weighted by Gasteiger charge is 2.41. The van der Waals surface area contributed by atoms with Gasteiger partial charge in [0, 0.05) is 11.1 Å². The topological polar surface area (TPSA) is 37.4 Å². The summed E-state index contributed by atoms with van der Waals surface area (Å²) in [5.74, 6) is 0. The number of hydrogen-bond donors (Lipinski definition) is 0. The Morgan fingerprint density at radius 1 is 0.520 bits per heavy atom. The van der Waals surface area contributed by atoms with E-state index in [9.17, 15) is 5.26 Å². The van der Waals surface area contributed by atoms with Gasteiger partial charge >= 0.3 is 0 Å². The second-order valence-electron chi connectivity index (χ2n) is 12.2. The minimum Gasteiger partial charge on any atom is -0.309 e. The highest BCUT2D eigenvalue weighted by molar-refractivity contribution is 7.19. The molecule has 0 atom stereocenters. The predicted molar refractivity (Wildman–Crippen MR) is 207 cm³/mol. The molecular formula is C45H28N4Si. The second-order valence-corrected chi connectivity index (χ2v) is 16.0. The maximum Gasteiger partial charge on any atom is 0.194 e. The Labute approximate surface area is 292 Å². The molecule has 50 heavy (non-hydrogen) atoms. The molecule has 1 aromatic heterocycles. The highest BCUT2D eigenvalue weighted by Crippen LogP contribution is 2.36. The summed E-state index contributed by atoms with van der Waals surface area (Å²) in [6, 6.07) is 60.8. The number of nitrogens with zero attached hydrogens (tertiary/aromatic N) is 4. The summed E-state index contributed by atoms with van der Waals surface area (Å²) in [6.45, 7) is 15.7. The van der Waals surface area contributed by atoms with Crippen LogP contribution in [0.1, 0.15) is 5.56 Å². The molecule has 0 saturated heterocycles. The van der Waals surface area contributed by atoms with Gasteiger partial charge in [-0.2, -0.15) is 5.26 Å². The first kappa shape index (κ1) is 30.4. The van der Waals surface area contributed by atoms with Crippen LogP contribution in [0, 0.1) is 24.5 Å². The summed E-state index contributed by atoms with van der Waals surface area (Å²) in [4.78, 5) is 7.63. The van der Waals surface area contributed by atoms with Crippen molar-refractivity contribution in [2.24, 2.45) is 0 Å². The van der Waals surface area contributed by atoms with Crippen molar-refractivity contribution in [3.05, 3.63) is 198 Å². The maximum absolute atomic E-state index is 9.62. The minimum absolute atomic E-state index is 0.557. The number of hydrogen-bond acceptors (Lipinski definition) is 1. The molecule has 5 heteroatoms. The van der Waals surface area contributed by atoms with Gasteiger partial charge in [-0.05, 0) is 79.7 Å². The lowest BCUT2D eigenvalue weighted by Gasteiger charge is -2.35. The average Bonchev–Trinajstić information content (AvgIpc) is 3.52. The van der Waals surface area contributed by atoms with Crippen LogP contribution in [0.25, 0.3) is 48.3 Å². The Hall–Kier alpha value is -6.97. The van der Waals surface area contributed by atoms with E-state index in [1.54, 1.807) is 0 Å². The molecule has 0 fully saturated rings. The van der Waals surface area contributed by atoms with Gasteiger partial charge < -0.3 is 4.57 Å². The Bertz CT molecular complexity index is 2490. The molecule has 0 aliphatic heterocycles. The summed E-state index contributed by atoms with van der Waals surface area (Å²) in [6.07, 6.45) is 0. The molecular weight excluding hydrogens is 625 g/mol. The van der Waals surface area contributed by atoms with Crippen LogP contribution >= 0.6 is 0 Å². The number of aromatic nitrogens is 1. The van der Waals surface area contributed by atoms with Crippen LogP contribution in [-0.2, 0) is 0 Å². The van der Waals surface area contributed by atoms with Gasteiger partial charge in [-0.1, -0.05) is 127 Å². The first-order chi connectivity index (χ1) is 24.6. The number of nitriles is 1. The van der Waals surface area contributed by atoms with Crippen LogP contribution < -0.4 is 20.7 Å². The largest absolute Gasteiger partial charge is 0.309 e. The van der Waals surface area contributed by atoms with Crippen molar-refractivity contribution in [1.82, 2.24) is 4.57 Å². The van der Waals surface area contributed by atoms with Crippen molar-refractivity contribution in [3.8, 4) is 22.9 Å². The zero-order chi connectivity index (χ0) is 34.1. The third-order valence-corrected chi connectivity index (χ3v) is 14.4. The zero-order valence-electron chi connectivity index (χ0n) is 27.0. The quantitative estimate of drug-likeness (QED) is 0.101. The first-order valence-electron chi connectivity index (χ1n) is 16.3. The van der Waals surface area contributed by atoms with Crippen LogP contribution in [0.4, 0.5) is 11.4 Å². The molecule has 7 aromatic carbocycles. The maximum atomic E-state index is 9.62. The molecule has 4 nitrogen and oxygen atoms in total. The fourth-order valence-electron chi connectivity index (χ4n) is 7.38. The molecule has 0 spiro atoms. The fraction of sp³-hybridized carbons (Fsp3) is 0. The Balaban J connectivity index is 1.32. The minimum atomic E-state index is -2.78. The van der Waals surface area contributed by atoms with Crippen LogP contribution in [0.2, 0.25) is 0 Å². The van der Waals surface area contributed by atoms with E-state index in [2.05, 4.69) is 148 Å². The molecule has 0 aliphatic carbocycles. The van der Waals surface area contributed by atoms with E-state index in [4.69, 9.17) is 13.1 Å². The lowest BCUT2D eigenvalue weighted by molar-refractivity contribution is 1.18. The van der Waals surface area contributed by atoms with E-state index < -0.39 is 8.07 Å². The van der Waals surface area contributed by atoms with Gasteiger partial charge in [0.2, 0.25) is 0 Å². The van der Waals surface area contributed by atoms with E-state index in [-0.39, 0.29) is 0 Å². The summed E-state index contributed by atoms with van der Waals surface area (Å²) in [5, 5.41) is 16.5. The Morgan fingerprint density at radius 2 is 1.08 bits per heavy atom. The molecule has 0 saturated carbocycles.